The second kappa shape index (κ2) is 8.67. The standard InChI is InChI=1S/C9H13NO.CH3.Y/c1-10-7-8-3-5-9(11-2)6-4-8;;/h3-6,10H,7H2,1-2H3;1H3;/q;-1;. The molecule has 0 bridgehead atoms. The minimum atomic E-state index is 0. The summed E-state index contributed by atoms with van der Waals surface area (Å²) in [4.78, 5) is 0. The van der Waals surface area contributed by atoms with Gasteiger partial charge in [-0.2, -0.15) is 0 Å². The largest absolute Gasteiger partial charge is 0.497 e. The van der Waals surface area contributed by atoms with Gasteiger partial charge in [-0.25, -0.2) is 0 Å². The van der Waals surface area contributed by atoms with Crippen LogP contribution in [-0.4, -0.2) is 14.2 Å². The van der Waals surface area contributed by atoms with Crippen molar-refractivity contribution < 1.29 is 37.4 Å². The summed E-state index contributed by atoms with van der Waals surface area (Å²) in [6, 6.07) is 8.03. The molecular formula is C10H16NOY-. The van der Waals surface area contributed by atoms with Gasteiger partial charge >= 0.3 is 0 Å². The van der Waals surface area contributed by atoms with Gasteiger partial charge in [-0.15, -0.1) is 0 Å². The van der Waals surface area contributed by atoms with E-state index in [9.17, 15) is 0 Å². The molecule has 0 aliphatic rings. The summed E-state index contributed by atoms with van der Waals surface area (Å²) >= 11 is 0. The molecule has 0 saturated carbocycles. The van der Waals surface area contributed by atoms with E-state index in [1.165, 1.54) is 5.56 Å². The van der Waals surface area contributed by atoms with Crippen molar-refractivity contribution in [1.82, 2.24) is 5.32 Å². The first-order valence-corrected chi connectivity index (χ1v) is 3.64. The van der Waals surface area contributed by atoms with E-state index in [2.05, 4.69) is 17.4 Å². The van der Waals surface area contributed by atoms with Crippen molar-refractivity contribution in [2.24, 2.45) is 0 Å². The zero-order chi connectivity index (χ0) is 8.10. The van der Waals surface area contributed by atoms with E-state index in [0.29, 0.717) is 0 Å². The minimum Gasteiger partial charge on any atom is -0.497 e. The number of hydrogen-bond donors (Lipinski definition) is 1. The van der Waals surface area contributed by atoms with E-state index in [1.807, 2.05) is 19.2 Å². The fraction of sp³-hybridized carbons (Fsp3) is 0.300. The van der Waals surface area contributed by atoms with Gasteiger partial charge in [0.1, 0.15) is 5.75 Å². The van der Waals surface area contributed by atoms with Crippen LogP contribution in [0, 0.1) is 7.43 Å². The number of hydrogen-bond acceptors (Lipinski definition) is 2. The molecule has 1 radical (unpaired) electrons. The van der Waals surface area contributed by atoms with Gasteiger partial charge in [-0.05, 0) is 24.7 Å². The molecular weight excluding hydrogens is 239 g/mol. The molecule has 1 aromatic carbocycles. The van der Waals surface area contributed by atoms with Crippen LogP contribution in [0.4, 0.5) is 0 Å². The predicted molar refractivity (Wildman–Crippen MR) is 52.2 cm³/mol. The molecule has 0 atom stereocenters. The third-order valence-corrected chi connectivity index (χ3v) is 1.54. The Morgan fingerprint density at radius 2 is 1.77 bits per heavy atom. The Morgan fingerprint density at radius 1 is 1.23 bits per heavy atom. The predicted octanol–water partition coefficient (Wildman–Crippen LogP) is 1.86. The number of ether oxygens (including phenoxy) is 1. The van der Waals surface area contributed by atoms with Crippen molar-refractivity contribution in [3.05, 3.63) is 37.3 Å². The number of methoxy groups -OCH3 is 1. The number of benzene rings is 1. The Labute approximate surface area is 106 Å². The number of rotatable bonds is 3. The summed E-state index contributed by atoms with van der Waals surface area (Å²) in [5.41, 5.74) is 1.27. The summed E-state index contributed by atoms with van der Waals surface area (Å²) in [6.07, 6.45) is 0. The van der Waals surface area contributed by atoms with Crippen LogP contribution >= 0.6 is 0 Å². The van der Waals surface area contributed by atoms with Crippen molar-refractivity contribution in [3.63, 3.8) is 0 Å². The molecule has 1 rings (SSSR count). The maximum Gasteiger partial charge on any atom is 0.118 e. The fourth-order valence-electron chi connectivity index (χ4n) is 0.948. The molecule has 2 nitrogen and oxygen atoms in total. The van der Waals surface area contributed by atoms with E-state index in [0.717, 1.165) is 12.3 Å². The van der Waals surface area contributed by atoms with Crippen LogP contribution in [0.2, 0.25) is 0 Å². The molecule has 0 aliphatic heterocycles. The van der Waals surface area contributed by atoms with Crippen LogP contribution in [-0.2, 0) is 39.3 Å². The molecule has 1 N–H and O–H groups in total. The Balaban J connectivity index is 0. The molecule has 0 fully saturated rings. The van der Waals surface area contributed by atoms with Gasteiger partial charge in [0.15, 0.2) is 0 Å². The second-order valence-corrected chi connectivity index (χ2v) is 2.38. The number of nitrogens with one attached hydrogen (secondary N) is 1. The van der Waals surface area contributed by atoms with Crippen LogP contribution in [0.1, 0.15) is 5.56 Å². The third kappa shape index (κ3) is 5.40. The van der Waals surface area contributed by atoms with Crippen LogP contribution in [0.3, 0.4) is 0 Å². The maximum absolute atomic E-state index is 5.03. The zero-order valence-corrected chi connectivity index (χ0v) is 11.3. The van der Waals surface area contributed by atoms with Crippen molar-refractivity contribution in [1.29, 1.82) is 0 Å². The summed E-state index contributed by atoms with van der Waals surface area (Å²) in [5.74, 6) is 0.907. The molecule has 0 spiro atoms. The molecule has 0 saturated heterocycles. The summed E-state index contributed by atoms with van der Waals surface area (Å²) in [5, 5.41) is 3.08. The van der Waals surface area contributed by atoms with Crippen LogP contribution < -0.4 is 10.1 Å². The normalized spacial score (nSPS) is 8.15. The molecule has 0 aromatic heterocycles. The quantitative estimate of drug-likeness (QED) is 0.832. The van der Waals surface area contributed by atoms with E-state index in [1.54, 1.807) is 7.11 Å². The smallest absolute Gasteiger partial charge is 0.118 e. The van der Waals surface area contributed by atoms with Gasteiger partial charge in [0.2, 0.25) is 0 Å². The molecule has 71 valence electrons. The zero-order valence-electron chi connectivity index (χ0n) is 8.50. The van der Waals surface area contributed by atoms with Gasteiger partial charge in [-0.3, -0.25) is 0 Å². The van der Waals surface area contributed by atoms with Gasteiger partial charge in [0.05, 0.1) is 7.11 Å². The Bertz CT molecular complexity index is 211. The Morgan fingerprint density at radius 3 is 2.15 bits per heavy atom. The third-order valence-electron chi connectivity index (χ3n) is 1.54. The van der Waals surface area contributed by atoms with E-state index in [-0.39, 0.29) is 40.1 Å². The molecule has 0 amide bonds. The average molecular weight is 255 g/mol. The van der Waals surface area contributed by atoms with Crippen molar-refractivity contribution in [2.75, 3.05) is 14.2 Å². The topological polar surface area (TPSA) is 21.3 Å². The summed E-state index contributed by atoms with van der Waals surface area (Å²) in [6.45, 7) is 0.907. The average Bonchev–Trinajstić information content (AvgIpc) is 2.07. The van der Waals surface area contributed by atoms with E-state index < -0.39 is 0 Å². The Hall–Kier alpha value is 0.0839. The van der Waals surface area contributed by atoms with Crippen molar-refractivity contribution in [2.45, 2.75) is 6.54 Å². The van der Waals surface area contributed by atoms with Crippen molar-refractivity contribution >= 4 is 0 Å². The van der Waals surface area contributed by atoms with Gasteiger partial charge in [0, 0.05) is 39.3 Å². The molecule has 3 heteroatoms. The SMILES string of the molecule is CNCc1ccc(OC)cc1.[CH3-].[Y]. The van der Waals surface area contributed by atoms with Crippen molar-refractivity contribution in [3.8, 4) is 5.75 Å². The van der Waals surface area contributed by atoms with Crippen LogP contribution in [0.5, 0.6) is 5.75 Å². The monoisotopic (exact) mass is 255 g/mol. The van der Waals surface area contributed by atoms with Crippen LogP contribution in [0.15, 0.2) is 24.3 Å². The Kier molecular flexibility index (Phi) is 10.4. The molecule has 0 aliphatic carbocycles. The second-order valence-electron chi connectivity index (χ2n) is 2.38. The summed E-state index contributed by atoms with van der Waals surface area (Å²) < 4.78 is 5.03. The first-order valence-electron chi connectivity index (χ1n) is 3.64. The molecule has 0 heterocycles. The minimum absolute atomic E-state index is 0. The van der Waals surface area contributed by atoms with Gasteiger partial charge in [0.25, 0.3) is 0 Å². The van der Waals surface area contributed by atoms with Gasteiger partial charge < -0.3 is 17.5 Å². The molecule has 1 aromatic rings. The van der Waals surface area contributed by atoms with Crippen LogP contribution in [0.25, 0.3) is 0 Å². The summed E-state index contributed by atoms with van der Waals surface area (Å²) in [7, 11) is 3.61. The first kappa shape index (κ1) is 15.6. The van der Waals surface area contributed by atoms with E-state index >= 15 is 0 Å². The molecule has 13 heavy (non-hydrogen) atoms. The molecule has 0 unspecified atom stereocenters. The maximum atomic E-state index is 5.03. The fourth-order valence-corrected chi connectivity index (χ4v) is 0.948. The van der Waals surface area contributed by atoms with Gasteiger partial charge in [-0.1, -0.05) is 12.1 Å². The van der Waals surface area contributed by atoms with E-state index in [4.69, 9.17) is 4.74 Å². The first-order chi connectivity index (χ1) is 5.36.